The molecule has 0 unspecified atom stereocenters. The summed E-state index contributed by atoms with van der Waals surface area (Å²) in [7, 11) is 1.02. The third kappa shape index (κ3) is 3.88. The second kappa shape index (κ2) is 8.32. The van der Waals surface area contributed by atoms with Crippen molar-refractivity contribution in [2.45, 2.75) is 25.2 Å². The van der Waals surface area contributed by atoms with Crippen LogP contribution >= 0.6 is 27.5 Å². The Bertz CT molecular complexity index is 949. The summed E-state index contributed by atoms with van der Waals surface area (Å²) in [6, 6.07) is 9.38. The number of rotatable bonds is 4. The van der Waals surface area contributed by atoms with E-state index in [9.17, 15) is 22.8 Å². The molecule has 0 aromatic heterocycles. The van der Waals surface area contributed by atoms with E-state index in [1.165, 1.54) is 24.3 Å². The fourth-order valence-corrected chi connectivity index (χ4v) is 4.31. The summed E-state index contributed by atoms with van der Waals surface area (Å²) in [5, 5.41) is 3.08. The molecule has 1 heterocycles. The van der Waals surface area contributed by atoms with Crippen LogP contribution in [0.5, 0.6) is 0 Å². The number of ketones is 1. The Balaban J connectivity index is 2.19. The van der Waals surface area contributed by atoms with Gasteiger partial charge >= 0.3 is 12.1 Å². The molecule has 1 aliphatic heterocycles. The third-order valence-corrected chi connectivity index (χ3v) is 6.39. The maximum atomic E-state index is 14.4. The Labute approximate surface area is 184 Å². The summed E-state index contributed by atoms with van der Waals surface area (Å²) in [5.41, 5.74) is -2.17. The highest BCUT2D eigenvalue weighted by atomic mass is 79.9. The number of carbonyl (C=O) groups excluding carboxylic acids is 2. The molecule has 160 valence electrons. The minimum atomic E-state index is -4.87. The van der Waals surface area contributed by atoms with Crippen LogP contribution in [0.15, 0.2) is 53.0 Å². The number of hydrogen-bond acceptors (Lipinski definition) is 4. The predicted molar refractivity (Wildman–Crippen MR) is 109 cm³/mol. The van der Waals surface area contributed by atoms with Crippen LogP contribution in [-0.4, -0.2) is 31.1 Å². The molecule has 1 fully saturated rings. The molecule has 9 heteroatoms. The summed E-state index contributed by atoms with van der Waals surface area (Å²) in [5.74, 6) is -3.43. The normalized spacial score (nSPS) is 26.4. The number of hydrogen-bond donors (Lipinski definition) is 1. The zero-order valence-corrected chi connectivity index (χ0v) is 18.3. The van der Waals surface area contributed by atoms with Crippen LogP contribution < -0.4 is 5.32 Å². The van der Waals surface area contributed by atoms with E-state index in [0.29, 0.717) is 10.6 Å². The van der Waals surface area contributed by atoms with Crippen LogP contribution in [0.1, 0.15) is 28.9 Å². The molecule has 1 aliphatic rings. The van der Waals surface area contributed by atoms with E-state index >= 15 is 0 Å². The van der Waals surface area contributed by atoms with Gasteiger partial charge in [-0.15, -0.1) is 0 Å². The number of ether oxygens (including phenoxy) is 1. The van der Waals surface area contributed by atoms with Crippen molar-refractivity contribution in [1.29, 1.82) is 0 Å². The zero-order chi connectivity index (χ0) is 22.3. The van der Waals surface area contributed by atoms with Gasteiger partial charge < -0.3 is 4.74 Å². The first-order valence-electron chi connectivity index (χ1n) is 8.96. The molecule has 0 bridgehead atoms. The Hall–Kier alpha value is -1.90. The second-order valence-corrected chi connectivity index (χ2v) is 8.63. The minimum Gasteiger partial charge on any atom is -0.468 e. The largest absolute Gasteiger partial charge is 0.468 e. The molecule has 0 aliphatic carbocycles. The monoisotopic (exact) mass is 503 g/mol. The minimum absolute atomic E-state index is 0.0781. The first kappa shape index (κ1) is 22.8. The number of halogens is 5. The lowest BCUT2D eigenvalue weighted by atomic mass is 9.68. The lowest BCUT2D eigenvalue weighted by Crippen LogP contribution is -2.53. The number of Topliss-reactive ketones (excluding diaryl/α,β-unsaturated/α-hetero) is 1. The van der Waals surface area contributed by atoms with Crippen molar-refractivity contribution in [3.8, 4) is 0 Å². The molecule has 1 N–H and O–H groups in total. The molecule has 0 spiro atoms. The van der Waals surface area contributed by atoms with Crippen molar-refractivity contribution in [3.63, 3.8) is 0 Å². The number of esters is 1. The van der Waals surface area contributed by atoms with Gasteiger partial charge in [-0.25, -0.2) is 0 Å². The SMILES string of the molecule is COC(=O)[C@H]1N[C@@H](c2ccc(Br)cc2)[C@@H](C(=O)c2ccc(Cl)cc2)[C@]1(C)C(F)(F)F. The number of methoxy groups -OCH3 is 1. The lowest BCUT2D eigenvalue weighted by molar-refractivity contribution is -0.232. The van der Waals surface area contributed by atoms with Gasteiger partial charge in [-0.1, -0.05) is 39.7 Å². The number of nitrogens with one attached hydrogen (secondary N) is 1. The Morgan fingerprint density at radius 1 is 1.10 bits per heavy atom. The van der Waals surface area contributed by atoms with E-state index in [1.807, 2.05) is 0 Å². The van der Waals surface area contributed by atoms with Crippen molar-refractivity contribution < 1.29 is 27.5 Å². The molecule has 0 radical (unpaired) electrons. The second-order valence-electron chi connectivity index (χ2n) is 7.28. The van der Waals surface area contributed by atoms with Crippen molar-refractivity contribution in [2.75, 3.05) is 7.11 Å². The standard InChI is InChI=1S/C21H18BrClF3NO3/c1-20(21(24,25)26)15(17(28)12-5-9-14(23)10-6-12)16(27-18(20)19(29)30-2)11-3-7-13(22)8-4-11/h3-10,15-16,18,27H,1-2H3/t15-,16-,18+,20-/m0/s1. The summed E-state index contributed by atoms with van der Waals surface area (Å²) in [6.07, 6.45) is -4.87. The first-order chi connectivity index (χ1) is 14.0. The first-order valence-corrected chi connectivity index (χ1v) is 10.1. The van der Waals surface area contributed by atoms with Crippen molar-refractivity contribution in [1.82, 2.24) is 5.32 Å². The number of alkyl halides is 3. The molecule has 1 saturated heterocycles. The van der Waals surface area contributed by atoms with Gasteiger partial charge in [0.05, 0.1) is 13.0 Å². The predicted octanol–water partition coefficient (Wildman–Crippen LogP) is 5.36. The van der Waals surface area contributed by atoms with Crippen LogP contribution in [0.3, 0.4) is 0 Å². The van der Waals surface area contributed by atoms with E-state index in [-0.39, 0.29) is 5.56 Å². The van der Waals surface area contributed by atoms with Crippen LogP contribution in [0.2, 0.25) is 5.02 Å². The van der Waals surface area contributed by atoms with Crippen LogP contribution in [0.25, 0.3) is 0 Å². The highest BCUT2D eigenvalue weighted by Crippen LogP contribution is 2.56. The molecule has 3 rings (SSSR count). The average molecular weight is 505 g/mol. The summed E-state index contributed by atoms with van der Waals surface area (Å²) in [6.45, 7) is 0.888. The van der Waals surface area contributed by atoms with Gasteiger partial charge in [0.15, 0.2) is 5.78 Å². The molecule has 2 aromatic rings. The highest BCUT2D eigenvalue weighted by molar-refractivity contribution is 9.10. The lowest BCUT2D eigenvalue weighted by Gasteiger charge is -2.36. The van der Waals surface area contributed by atoms with Gasteiger partial charge in [-0.05, 0) is 48.9 Å². The van der Waals surface area contributed by atoms with Gasteiger partial charge in [0, 0.05) is 21.1 Å². The van der Waals surface area contributed by atoms with E-state index in [1.54, 1.807) is 24.3 Å². The van der Waals surface area contributed by atoms with Crippen LogP contribution in [0, 0.1) is 11.3 Å². The molecule has 2 aromatic carbocycles. The van der Waals surface area contributed by atoms with Crippen molar-refractivity contribution in [3.05, 3.63) is 69.2 Å². The van der Waals surface area contributed by atoms with E-state index in [2.05, 4.69) is 26.0 Å². The summed E-state index contributed by atoms with van der Waals surface area (Å²) >= 11 is 9.15. The van der Waals surface area contributed by atoms with Gasteiger partial charge in [0.1, 0.15) is 11.5 Å². The fraction of sp³-hybridized carbons (Fsp3) is 0.333. The maximum Gasteiger partial charge on any atom is 0.397 e. The van der Waals surface area contributed by atoms with Crippen molar-refractivity contribution >= 4 is 39.3 Å². The van der Waals surface area contributed by atoms with E-state index < -0.39 is 41.3 Å². The smallest absolute Gasteiger partial charge is 0.397 e. The third-order valence-electron chi connectivity index (χ3n) is 5.61. The van der Waals surface area contributed by atoms with Gasteiger partial charge in [0.25, 0.3) is 0 Å². The summed E-state index contributed by atoms with van der Waals surface area (Å²) in [4.78, 5) is 25.7. The molecular weight excluding hydrogens is 487 g/mol. The van der Waals surface area contributed by atoms with E-state index in [0.717, 1.165) is 18.5 Å². The average Bonchev–Trinajstić information content (AvgIpc) is 3.02. The molecule has 30 heavy (non-hydrogen) atoms. The Kier molecular flexibility index (Phi) is 6.32. The van der Waals surface area contributed by atoms with Crippen LogP contribution in [-0.2, 0) is 9.53 Å². The molecule has 0 saturated carbocycles. The number of benzene rings is 2. The Morgan fingerprint density at radius 3 is 2.17 bits per heavy atom. The zero-order valence-electron chi connectivity index (χ0n) is 16.0. The molecule has 4 nitrogen and oxygen atoms in total. The van der Waals surface area contributed by atoms with Gasteiger partial charge in [0.2, 0.25) is 0 Å². The Morgan fingerprint density at radius 2 is 1.67 bits per heavy atom. The summed E-state index contributed by atoms with van der Waals surface area (Å²) < 4.78 is 48.6. The fourth-order valence-electron chi connectivity index (χ4n) is 3.92. The van der Waals surface area contributed by atoms with E-state index in [4.69, 9.17) is 11.6 Å². The van der Waals surface area contributed by atoms with Gasteiger partial charge in [-0.3, -0.25) is 14.9 Å². The van der Waals surface area contributed by atoms with Gasteiger partial charge in [-0.2, -0.15) is 13.2 Å². The number of carbonyl (C=O) groups is 2. The highest BCUT2D eigenvalue weighted by Gasteiger charge is 2.70. The molecule has 0 amide bonds. The molecule has 4 atom stereocenters. The van der Waals surface area contributed by atoms with Crippen molar-refractivity contribution in [2.24, 2.45) is 11.3 Å². The maximum absolute atomic E-state index is 14.4. The molecular formula is C21H18BrClF3NO3. The topological polar surface area (TPSA) is 55.4 Å². The quantitative estimate of drug-likeness (QED) is 0.450. The van der Waals surface area contributed by atoms with Crippen LogP contribution in [0.4, 0.5) is 13.2 Å².